The Morgan fingerprint density at radius 1 is 1.24 bits per heavy atom. The van der Waals surface area contributed by atoms with E-state index in [0.717, 1.165) is 16.3 Å². The fourth-order valence-electron chi connectivity index (χ4n) is 2.93. The SMILES string of the molecule is CC(C)C1CCCCC1Nc1cccc(Br)c1. The molecule has 2 rings (SSSR count). The highest BCUT2D eigenvalue weighted by atomic mass is 79.9. The second-order valence-electron chi connectivity index (χ2n) is 5.45. The zero-order valence-electron chi connectivity index (χ0n) is 10.7. The molecule has 0 heterocycles. The van der Waals surface area contributed by atoms with Gasteiger partial charge in [-0.15, -0.1) is 0 Å². The van der Waals surface area contributed by atoms with E-state index in [2.05, 4.69) is 59.4 Å². The van der Waals surface area contributed by atoms with E-state index in [1.165, 1.54) is 31.4 Å². The average molecular weight is 296 g/mol. The minimum absolute atomic E-state index is 0.651. The first-order valence-electron chi connectivity index (χ1n) is 6.69. The molecule has 17 heavy (non-hydrogen) atoms. The third-order valence-corrected chi connectivity index (χ3v) is 4.35. The van der Waals surface area contributed by atoms with Crippen LogP contribution >= 0.6 is 15.9 Å². The summed E-state index contributed by atoms with van der Waals surface area (Å²) in [4.78, 5) is 0. The van der Waals surface area contributed by atoms with Crippen LogP contribution in [0.2, 0.25) is 0 Å². The molecule has 0 bridgehead atoms. The maximum atomic E-state index is 3.72. The fourth-order valence-corrected chi connectivity index (χ4v) is 3.33. The quantitative estimate of drug-likeness (QED) is 0.820. The lowest BCUT2D eigenvalue weighted by Crippen LogP contribution is -2.35. The molecule has 0 spiro atoms. The van der Waals surface area contributed by atoms with Crippen LogP contribution in [0.25, 0.3) is 0 Å². The molecule has 1 aromatic rings. The molecule has 2 unspecified atom stereocenters. The topological polar surface area (TPSA) is 12.0 Å². The summed E-state index contributed by atoms with van der Waals surface area (Å²) >= 11 is 3.53. The summed E-state index contributed by atoms with van der Waals surface area (Å²) in [6, 6.07) is 9.16. The lowest BCUT2D eigenvalue weighted by Gasteiger charge is -2.35. The van der Waals surface area contributed by atoms with Crippen molar-refractivity contribution in [1.82, 2.24) is 0 Å². The first-order chi connectivity index (χ1) is 8.16. The van der Waals surface area contributed by atoms with Crippen LogP contribution in [-0.2, 0) is 0 Å². The van der Waals surface area contributed by atoms with Gasteiger partial charge in [-0.2, -0.15) is 0 Å². The van der Waals surface area contributed by atoms with Gasteiger partial charge in [0, 0.05) is 16.2 Å². The van der Waals surface area contributed by atoms with Gasteiger partial charge in [0.25, 0.3) is 0 Å². The van der Waals surface area contributed by atoms with Gasteiger partial charge in [-0.25, -0.2) is 0 Å². The van der Waals surface area contributed by atoms with E-state index >= 15 is 0 Å². The molecule has 0 radical (unpaired) electrons. The number of halogens is 1. The van der Waals surface area contributed by atoms with Crippen molar-refractivity contribution in [3.63, 3.8) is 0 Å². The third-order valence-electron chi connectivity index (χ3n) is 3.85. The van der Waals surface area contributed by atoms with Crippen LogP contribution in [0.15, 0.2) is 28.7 Å². The summed E-state index contributed by atoms with van der Waals surface area (Å²) in [5.74, 6) is 1.60. The van der Waals surface area contributed by atoms with Crippen molar-refractivity contribution in [2.45, 2.75) is 45.6 Å². The summed E-state index contributed by atoms with van der Waals surface area (Å²) in [6.45, 7) is 4.71. The monoisotopic (exact) mass is 295 g/mol. The van der Waals surface area contributed by atoms with Crippen LogP contribution in [0.5, 0.6) is 0 Å². The summed E-state index contributed by atoms with van der Waals surface area (Å²) in [6.07, 6.45) is 5.47. The average Bonchev–Trinajstić information content (AvgIpc) is 2.29. The number of anilines is 1. The van der Waals surface area contributed by atoms with E-state index < -0.39 is 0 Å². The van der Waals surface area contributed by atoms with Gasteiger partial charge in [0.1, 0.15) is 0 Å². The summed E-state index contributed by atoms with van der Waals surface area (Å²) in [5.41, 5.74) is 1.25. The highest BCUT2D eigenvalue weighted by Gasteiger charge is 2.27. The molecule has 1 N–H and O–H groups in total. The highest BCUT2D eigenvalue weighted by Crippen LogP contribution is 2.32. The molecule has 0 saturated heterocycles. The second kappa shape index (κ2) is 5.90. The van der Waals surface area contributed by atoms with Gasteiger partial charge in [-0.1, -0.05) is 48.7 Å². The Bertz CT molecular complexity index is 362. The van der Waals surface area contributed by atoms with Crippen molar-refractivity contribution in [2.75, 3.05) is 5.32 Å². The van der Waals surface area contributed by atoms with Gasteiger partial charge in [-0.05, 0) is 42.9 Å². The first-order valence-corrected chi connectivity index (χ1v) is 7.48. The molecule has 1 saturated carbocycles. The molecule has 0 amide bonds. The maximum absolute atomic E-state index is 3.72. The number of benzene rings is 1. The number of rotatable bonds is 3. The van der Waals surface area contributed by atoms with Gasteiger partial charge in [0.05, 0.1) is 0 Å². The third kappa shape index (κ3) is 3.48. The second-order valence-corrected chi connectivity index (χ2v) is 6.37. The standard InChI is InChI=1S/C15H22BrN/c1-11(2)14-8-3-4-9-15(14)17-13-7-5-6-12(16)10-13/h5-7,10-11,14-15,17H,3-4,8-9H2,1-2H3. The van der Waals surface area contributed by atoms with Crippen LogP contribution in [-0.4, -0.2) is 6.04 Å². The van der Waals surface area contributed by atoms with Crippen LogP contribution in [0.4, 0.5) is 5.69 Å². The largest absolute Gasteiger partial charge is 0.382 e. The summed E-state index contributed by atoms with van der Waals surface area (Å²) in [7, 11) is 0. The molecule has 1 aliphatic rings. The van der Waals surface area contributed by atoms with Crippen molar-refractivity contribution >= 4 is 21.6 Å². The minimum Gasteiger partial charge on any atom is -0.382 e. The molecule has 1 fully saturated rings. The van der Waals surface area contributed by atoms with Crippen molar-refractivity contribution in [1.29, 1.82) is 0 Å². The van der Waals surface area contributed by atoms with Gasteiger partial charge < -0.3 is 5.32 Å². The van der Waals surface area contributed by atoms with Crippen molar-refractivity contribution in [3.8, 4) is 0 Å². The predicted molar refractivity (Wildman–Crippen MR) is 78.3 cm³/mol. The van der Waals surface area contributed by atoms with Crippen molar-refractivity contribution < 1.29 is 0 Å². The molecule has 2 heteroatoms. The Morgan fingerprint density at radius 3 is 2.71 bits per heavy atom. The molecule has 2 atom stereocenters. The Morgan fingerprint density at radius 2 is 2.00 bits per heavy atom. The number of nitrogens with one attached hydrogen (secondary N) is 1. The molecule has 1 aliphatic carbocycles. The Kier molecular flexibility index (Phi) is 4.49. The molecular formula is C15H22BrN. The van der Waals surface area contributed by atoms with Crippen molar-refractivity contribution in [3.05, 3.63) is 28.7 Å². The lowest BCUT2D eigenvalue weighted by atomic mass is 9.78. The normalized spacial score (nSPS) is 24.9. The van der Waals surface area contributed by atoms with E-state index in [1.807, 2.05) is 0 Å². The van der Waals surface area contributed by atoms with Gasteiger partial charge in [0.15, 0.2) is 0 Å². The Labute approximate surface area is 113 Å². The molecule has 1 aromatic carbocycles. The van der Waals surface area contributed by atoms with E-state index in [-0.39, 0.29) is 0 Å². The van der Waals surface area contributed by atoms with Gasteiger partial charge >= 0.3 is 0 Å². The van der Waals surface area contributed by atoms with E-state index in [0.29, 0.717) is 6.04 Å². The van der Waals surface area contributed by atoms with Gasteiger partial charge in [-0.3, -0.25) is 0 Å². The smallest absolute Gasteiger partial charge is 0.0353 e. The molecular weight excluding hydrogens is 274 g/mol. The predicted octanol–water partition coefficient (Wildman–Crippen LogP) is 5.08. The van der Waals surface area contributed by atoms with E-state index in [9.17, 15) is 0 Å². The van der Waals surface area contributed by atoms with Crippen LogP contribution < -0.4 is 5.32 Å². The van der Waals surface area contributed by atoms with E-state index in [1.54, 1.807) is 0 Å². The van der Waals surface area contributed by atoms with Crippen molar-refractivity contribution in [2.24, 2.45) is 11.8 Å². The number of hydrogen-bond donors (Lipinski definition) is 1. The van der Waals surface area contributed by atoms with E-state index in [4.69, 9.17) is 0 Å². The molecule has 94 valence electrons. The zero-order valence-corrected chi connectivity index (χ0v) is 12.3. The molecule has 1 nitrogen and oxygen atoms in total. The fraction of sp³-hybridized carbons (Fsp3) is 0.600. The van der Waals surface area contributed by atoms with Gasteiger partial charge in [0.2, 0.25) is 0 Å². The summed E-state index contributed by atoms with van der Waals surface area (Å²) < 4.78 is 1.15. The molecule has 0 aliphatic heterocycles. The van der Waals surface area contributed by atoms with Crippen LogP contribution in [0.3, 0.4) is 0 Å². The lowest BCUT2D eigenvalue weighted by molar-refractivity contribution is 0.254. The first kappa shape index (κ1) is 12.9. The summed E-state index contributed by atoms with van der Waals surface area (Å²) in [5, 5.41) is 3.72. The van der Waals surface area contributed by atoms with Crippen LogP contribution in [0, 0.1) is 11.8 Å². The maximum Gasteiger partial charge on any atom is 0.0353 e. The Hall–Kier alpha value is -0.500. The molecule has 0 aromatic heterocycles. The Balaban J connectivity index is 2.05. The minimum atomic E-state index is 0.651. The highest BCUT2D eigenvalue weighted by molar-refractivity contribution is 9.10. The zero-order chi connectivity index (χ0) is 12.3. The number of hydrogen-bond acceptors (Lipinski definition) is 1. The van der Waals surface area contributed by atoms with Crippen LogP contribution in [0.1, 0.15) is 39.5 Å².